The molecule has 0 spiro atoms. The Balaban J connectivity index is 0.00000146. The van der Waals surface area contributed by atoms with Crippen molar-refractivity contribution in [1.29, 1.82) is 0 Å². The molecule has 0 bridgehead atoms. The van der Waals surface area contributed by atoms with Crippen LogP contribution in [-0.2, 0) is 26.2 Å². The van der Waals surface area contributed by atoms with Crippen LogP contribution in [0, 0.1) is 6.07 Å². The van der Waals surface area contributed by atoms with E-state index < -0.39 is 8.22 Å². The van der Waals surface area contributed by atoms with Crippen molar-refractivity contribution in [2.75, 3.05) is 0 Å². The van der Waals surface area contributed by atoms with Gasteiger partial charge in [-0.1, -0.05) is 0 Å². The zero-order valence-corrected chi connectivity index (χ0v) is 17.4. The molecule has 4 aliphatic rings. The maximum Gasteiger partial charge on any atom is 2.00 e. The van der Waals surface area contributed by atoms with Crippen molar-refractivity contribution in [3.05, 3.63) is 41.3 Å². The van der Waals surface area contributed by atoms with E-state index in [2.05, 4.69) is 15.4 Å². The molecule has 1 aromatic rings. The van der Waals surface area contributed by atoms with Crippen LogP contribution in [0.3, 0.4) is 0 Å². The van der Waals surface area contributed by atoms with Gasteiger partial charge in [0.05, 0.1) is 0 Å². The largest absolute Gasteiger partial charge is 2.00 e. The molecule has 0 heterocycles. The van der Waals surface area contributed by atoms with Gasteiger partial charge in [-0.3, -0.25) is 9.34 Å². The molecule has 124 valence electrons. The van der Waals surface area contributed by atoms with Gasteiger partial charge in [0.25, 0.3) is 0 Å². The van der Waals surface area contributed by atoms with Crippen LogP contribution in [0.4, 0.5) is 0 Å². The first-order valence-corrected chi connectivity index (χ1v) is 10.5. The summed E-state index contributed by atoms with van der Waals surface area (Å²) in [5, 5.41) is 11.3. The Kier molecular flexibility index (Phi) is 5.14. The summed E-state index contributed by atoms with van der Waals surface area (Å²) in [5.41, 5.74) is 1.52. The minimum absolute atomic E-state index is 0. The van der Waals surface area contributed by atoms with E-state index >= 15 is 0 Å². The maximum absolute atomic E-state index is 11.3. The van der Waals surface area contributed by atoms with Gasteiger partial charge in [0.2, 0.25) is 0 Å². The SMILES string of the molecule is [N-]=C(c1[c-]cccc1)P(N(C1CC1)C1CC1)N(C1CC1)C1CC1.[Zr+2]. The van der Waals surface area contributed by atoms with Crippen molar-refractivity contribution in [3.8, 4) is 0 Å². The van der Waals surface area contributed by atoms with E-state index in [4.69, 9.17) is 0 Å². The van der Waals surface area contributed by atoms with Crippen LogP contribution in [0.15, 0.2) is 24.3 Å². The molecule has 0 aliphatic heterocycles. The minimum atomic E-state index is -0.725. The molecule has 5 heteroatoms. The van der Waals surface area contributed by atoms with Crippen LogP contribution in [0.5, 0.6) is 0 Å². The average molecular weight is 417 g/mol. The van der Waals surface area contributed by atoms with Gasteiger partial charge in [0.1, 0.15) is 0 Å². The maximum atomic E-state index is 11.3. The van der Waals surface area contributed by atoms with Crippen molar-refractivity contribution in [1.82, 2.24) is 9.34 Å². The van der Waals surface area contributed by atoms with E-state index in [1.54, 1.807) is 0 Å². The topological polar surface area (TPSA) is 28.8 Å². The minimum Gasteiger partial charge on any atom is -0.853 e. The first kappa shape index (κ1) is 17.5. The number of hydrogen-bond donors (Lipinski definition) is 0. The van der Waals surface area contributed by atoms with Crippen molar-refractivity contribution < 1.29 is 26.2 Å². The molecule has 0 radical (unpaired) electrons. The van der Waals surface area contributed by atoms with Crippen molar-refractivity contribution in [2.45, 2.75) is 75.5 Å². The third-order valence-corrected chi connectivity index (χ3v) is 8.06. The molecule has 4 fully saturated rings. The van der Waals surface area contributed by atoms with Crippen molar-refractivity contribution in [2.24, 2.45) is 0 Å². The molecule has 0 saturated heterocycles. The number of benzene rings is 1. The second-order valence-electron chi connectivity index (χ2n) is 7.57. The smallest absolute Gasteiger partial charge is 0.853 e. The second-order valence-corrected chi connectivity index (χ2v) is 9.50. The molecule has 0 amide bonds. The fourth-order valence-corrected chi connectivity index (χ4v) is 6.74. The summed E-state index contributed by atoms with van der Waals surface area (Å²) in [5.74, 6) is 0. The summed E-state index contributed by atoms with van der Waals surface area (Å²) in [6.45, 7) is 0. The van der Waals surface area contributed by atoms with E-state index in [1.807, 2.05) is 24.3 Å². The van der Waals surface area contributed by atoms with E-state index in [9.17, 15) is 5.41 Å². The van der Waals surface area contributed by atoms with Gasteiger partial charge in [0.15, 0.2) is 0 Å². The quantitative estimate of drug-likeness (QED) is 0.358. The molecule has 0 atom stereocenters. The van der Waals surface area contributed by atoms with Gasteiger partial charge in [-0.25, -0.2) is 5.45 Å². The van der Waals surface area contributed by atoms with Crippen molar-refractivity contribution >= 4 is 13.7 Å². The first-order chi connectivity index (χ1) is 11.3. The van der Waals surface area contributed by atoms with Gasteiger partial charge < -0.3 is 5.41 Å². The van der Waals surface area contributed by atoms with E-state index in [0.717, 1.165) is 29.7 Å². The summed E-state index contributed by atoms with van der Waals surface area (Å²) in [6.07, 6.45) is 10.6. The summed E-state index contributed by atoms with van der Waals surface area (Å²) < 4.78 is 5.48. The second kappa shape index (κ2) is 7.03. The molecule has 0 aromatic heterocycles. The summed E-state index contributed by atoms with van der Waals surface area (Å²) in [4.78, 5) is 0. The van der Waals surface area contributed by atoms with E-state index in [-0.39, 0.29) is 26.2 Å². The summed E-state index contributed by atoms with van der Waals surface area (Å²) >= 11 is 0. The molecule has 0 unspecified atom stereocenters. The molecule has 1 aromatic carbocycles. The first-order valence-electron chi connectivity index (χ1n) is 9.22. The van der Waals surface area contributed by atoms with Crippen LogP contribution in [0.25, 0.3) is 5.41 Å². The Morgan fingerprint density at radius 3 is 1.67 bits per heavy atom. The van der Waals surface area contributed by atoms with Crippen LogP contribution in [-0.4, -0.2) is 39.0 Å². The molecule has 4 aliphatic carbocycles. The summed E-state index contributed by atoms with van der Waals surface area (Å²) in [6, 6.07) is 14.1. The number of nitrogens with zero attached hydrogens (tertiary/aromatic N) is 3. The molecule has 4 saturated carbocycles. The molecule has 3 nitrogen and oxygen atoms in total. The van der Waals surface area contributed by atoms with Crippen LogP contribution in [0.2, 0.25) is 0 Å². The average Bonchev–Trinajstić information content (AvgIpc) is 3.42. The molecule has 5 rings (SSSR count). The zero-order chi connectivity index (χ0) is 15.4. The molecule has 0 N–H and O–H groups in total. The predicted octanol–water partition coefficient (Wildman–Crippen LogP) is 4.37. The normalized spacial score (nSPS) is 23.6. The third kappa shape index (κ3) is 3.63. The third-order valence-electron chi connectivity index (χ3n) is 5.26. The number of hydrogen-bond acceptors (Lipinski definition) is 2. The van der Waals surface area contributed by atoms with E-state index in [0.29, 0.717) is 5.45 Å². The van der Waals surface area contributed by atoms with Crippen LogP contribution >= 0.6 is 8.22 Å². The Labute approximate surface area is 165 Å². The van der Waals surface area contributed by atoms with Gasteiger partial charge in [0, 0.05) is 32.4 Å². The Bertz CT molecular complexity index is 542. The summed E-state index contributed by atoms with van der Waals surface area (Å²) in [7, 11) is -0.725. The van der Waals surface area contributed by atoms with Crippen LogP contribution < -0.4 is 0 Å². The van der Waals surface area contributed by atoms with Gasteiger partial charge >= 0.3 is 26.2 Å². The fraction of sp³-hybridized carbons (Fsp3) is 0.632. The molecular formula is C19H24N3PZr. The van der Waals surface area contributed by atoms with Gasteiger partial charge in [-0.05, 0) is 51.4 Å². The Morgan fingerprint density at radius 1 is 0.875 bits per heavy atom. The van der Waals surface area contributed by atoms with E-state index in [1.165, 1.54) is 51.4 Å². The zero-order valence-electron chi connectivity index (χ0n) is 14.1. The number of rotatable bonds is 8. The predicted molar refractivity (Wildman–Crippen MR) is 95.4 cm³/mol. The van der Waals surface area contributed by atoms with Crippen LogP contribution in [0.1, 0.15) is 56.9 Å². The van der Waals surface area contributed by atoms with Crippen molar-refractivity contribution in [3.63, 3.8) is 0 Å². The fourth-order valence-electron chi connectivity index (χ4n) is 3.55. The Morgan fingerprint density at radius 2 is 1.33 bits per heavy atom. The van der Waals surface area contributed by atoms with Gasteiger partial charge in [-0.15, -0.1) is 30.3 Å². The Hall–Kier alpha value is 0.123. The standard InChI is InChI=1S/C19H24N3P.Zr/c20-19(14-4-2-1-3-5-14)23(21(15-6-7-15)16-8-9-16)22(17-10-11-17)18-12-13-18;/h1-4,15-18H,6-13H2;/q-2;+2. The molecular weight excluding hydrogens is 392 g/mol. The molecule has 24 heavy (non-hydrogen) atoms. The monoisotopic (exact) mass is 415 g/mol. The van der Waals surface area contributed by atoms with Gasteiger partial charge in [-0.2, -0.15) is 5.56 Å².